The number of pyridine rings is 1. The van der Waals surface area contributed by atoms with Crippen LogP contribution in [0.3, 0.4) is 0 Å². The lowest BCUT2D eigenvalue weighted by Crippen LogP contribution is -2.19. The molecule has 0 saturated carbocycles. The van der Waals surface area contributed by atoms with Gasteiger partial charge in [-0.15, -0.1) is 11.3 Å². The van der Waals surface area contributed by atoms with Crippen LogP contribution in [0.15, 0.2) is 74.3 Å². The van der Waals surface area contributed by atoms with Gasteiger partial charge in [0.05, 0.1) is 15.0 Å². The van der Waals surface area contributed by atoms with Gasteiger partial charge in [0, 0.05) is 22.5 Å². The summed E-state index contributed by atoms with van der Waals surface area (Å²) in [6.07, 6.45) is 1.54. The molecule has 0 saturated heterocycles. The summed E-state index contributed by atoms with van der Waals surface area (Å²) in [5.74, 6) is -1.09. The van der Waals surface area contributed by atoms with Crippen molar-refractivity contribution in [1.29, 1.82) is 0 Å². The van der Waals surface area contributed by atoms with E-state index in [1.165, 1.54) is 16.7 Å². The van der Waals surface area contributed by atoms with Crippen LogP contribution in [0.5, 0.6) is 0 Å². The van der Waals surface area contributed by atoms with Gasteiger partial charge in [0.2, 0.25) is 0 Å². The van der Waals surface area contributed by atoms with E-state index in [0.717, 1.165) is 21.2 Å². The third-order valence-electron chi connectivity index (χ3n) is 4.75. The zero-order valence-electron chi connectivity index (χ0n) is 16.2. The Labute approximate surface area is 206 Å². The molecule has 0 aliphatic rings. The van der Waals surface area contributed by atoms with Crippen molar-refractivity contribution < 1.29 is 13.2 Å². The molecule has 4 rings (SSSR count). The van der Waals surface area contributed by atoms with Gasteiger partial charge >= 0.3 is 0 Å². The fourth-order valence-corrected chi connectivity index (χ4v) is 6.75. The quantitative estimate of drug-likeness (QED) is 0.298. The number of halogens is 3. The summed E-state index contributed by atoms with van der Waals surface area (Å²) >= 11 is 16.5. The lowest BCUT2D eigenvalue weighted by atomic mass is 10.1. The summed E-state index contributed by atoms with van der Waals surface area (Å²) in [7, 11) is -3.75. The Bertz CT molecular complexity index is 1530. The molecular weight excluding hydrogens is 557 g/mol. The van der Waals surface area contributed by atoms with E-state index in [1.807, 2.05) is 18.2 Å². The summed E-state index contributed by atoms with van der Waals surface area (Å²) in [5.41, 5.74) is 0.797. The average Bonchev–Trinajstić information content (AvgIpc) is 3.16. The third kappa shape index (κ3) is 4.84. The molecule has 2 aromatic carbocycles. The maximum atomic E-state index is 12.9. The molecule has 0 N–H and O–H groups in total. The van der Waals surface area contributed by atoms with Gasteiger partial charge in [-0.1, -0.05) is 51.3 Å². The van der Waals surface area contributed by atoms with Crippen molar-refractivity contribution in [2.24, 2.45) is 0 Å². The number of aromatic nitrogens is 1. The molecule has 0 bridgehead atoms. The molecule has 10 heteroatoms. The van der Waals surface area contributed by atoms with Crippen molar-refractivity contribution in [2.75, 3.05) is 5.75 Å². The first kappa shape index (κ1) is 23.2. The lowest BCUT2D eigenvalue weighted by Gasteiger charge is -2.11. The summed E-state index contributed by atoms with van der Waals surface area (Å²) in [6, 6.07) is 15.0. The van der Waals surface area contributed by atoms with Gasteiger partial charge in [0.25, 0.3) is 5.56 Å². The Hall–Kier alpha value is -1.97. The summed E-state index contributed by atoms with van der Waals surface area (Å²) in [6.45, 7) is 0. The Balaban J connectivity index is 1.58. The van der Waals surface area contributed by atoms with E-state index < -0.39 is 21.4 Å². The van der Waals surface area contributed by atoms with Gasteiger partial charge in [0.15, 0.2) is 15.6 Å². The minimum Gasteiger partial charge on any atom is -0.298 e. The number of carbonyl (C=O) groups excluding carboxylic acids is 1. The van der Waals surface area contributed by atoms with Crippen molar-refractivity contribution in [2.45, 2.75) is 10.6 Å². The molecule has 5 nitrogen and oxygen atoms in total. The number of sulfone groups is 1. The number of thiophene rings is 1. The molecule has 4 aromatic rings. The first-order valence-corrected chi connectivity index (χ1v) is 13.3. The van der Waals surface area contributed by atoms with E-state index in [-0.39, 0.29) is 21.2 Å². The number of Topliss-reactive ketones (excluding diaryl/α,β-unsaturated/α-hetero) is 1. The molecule has 2 aromatic heterocycles. The Kier molecular flexibility index (Phi) is 6.61. The van der Waals surface area contributed by atoms with Crippen LogP contribution in [0.25, 0.3) is 16.5 Å². The highest BCUT2D eigenvalue weighted by Crippen LogP contribution is 2.27. The van der Waals surface area contributed by atoms with Crippen molar-refractivity contribution >= 4 is 76.9 Å². The molecule has 0 amide bonds. The number of nitrogens with zero attached hydrogens (tertiary/aromatic N) is 1. The molecule has 0 radical (unpaired) electrons. The minimum atomic E-state index is -3.75. The van der Waals surface area contributed by atoms with Crippen LogP contribution in [0, 0.1) is 0 Å². The maximum Gasteiger partial charge on any atom is 0.263 e. The summed E-state index contributed by atoms with van der Waals surface area (Å²) in [5, 5.41) is 1.62. The molecule has 0 unspecified atom stereocenters. The third-order valence-corrected chi connectivity index (χ3v) is 9.03. The SMILES string of the molecule is O=C(Cc1ccc(-n2ccc3ccc(Br)cc3c2=O)c(Cl)c1)CS(=O)(=O)c1ccc(Cl)s1. The standard InChI is InChI=1S/C22H14BrCl2NO4S2/c23-15-3-2-14-7-8-26(22(28)17(14)11-15)19-4-1-13(10-18(19)24)9-16(27)12-32(29,30)21-6-5-20(25)31-21/h1-8,10-11H,9,12H2. The van der Waals surface area contributed by atoms with Crippen molar-refractivity contribution in [3.63, 3.8) is 0 Å². The van der Waals surface area contributed by atoms with E-state index in [0.29, 0.717) is 21.0 Å². The van der Waals surface area contributed by atoms with E-state index >= 15 is 0 Å². The predicted octanol–water partition coefficient (Wildman–Crippen LogP) is 5.71. The van der Waals surface area contributed by atoms with Gasteiger partial charge in [0.1, 0.15) is 9.96 Å². The number of hydrogen-bond acceptors (Lipinski definition) is 5. The largest absolute Gasteiger partial charge is 0.298 e. The van der Waals surface area contributed by atoms with Crippen molar-refractivity contribution in [1.82, 2.24) is 4.57 Å². The zero-order valence-corrected chi connectivity index (χ0v) is 20.9. The summed E-state index contributed by atoms with van der Waals surface area (Å²) in [4.78, 5) is 25.3. The second-order valence-corrected chi connectivity index (χ2v) is 12.3. The van der Waals surface area contributed by atoms with Gasteiger partial charge in [-0.2, -0.15) is 0 Å². The second kappa shape index (κ2) is 9.11. The molecule has 0 fully saturated rings. The van der Waals surface area contributed by atoms with E-state index in [4.69, 9.17) is 23.2 Å². The first-order chi connectivity index (χ1) is 15.1. The highest BCUT2D eigenvalue weighted by molar-refractivity contribution is 9.10. The number of benzene rings is 2. The minimum absolute atomic E-state index is 0.0616. The second-order valence-electron chi connectivity index (χ2n) is 7.04. The smallest absolute Gasteiger partial charge is 0.263 e. The first-order valence-electron chi connectivity index (χ1n) is 9.23. The average molecular weight is 571 g/mol. The van der Waals surface area contributed by atoms with E-state index in [1.54, 1.807) is 30.5 Å². The maximum absolute atomic E-state index is 12.9. The van der Waals surface area contributed by atoms with Crippen LogP contribution in [0.1, 0.15) is 5.56 Å². The van der Waals surface area contributed by atoms with Gasteiger partial charge < -0.3 is 0 Å². The Morgan fingerprint density at radius 2 is 1.81 bits per heavy atom. The number of carbonyl (C=O) groups is 1. The molecule has 0 aliphatic heterocycles. The highest BCUT2D eigenvalue weighted by atomic mass is 79.9. The van der Waals surface area contributed by atoms with Crippen LogP contribution >= 0.6 is 50.5 Å². The Morgan fingerprint density at radius 1 is 1.03 bits per heavy atom. The van der Waals surface area contributed by atoms with Gasteiger partial charge in [-0.05, 0) is 53.4 Å². The molecular formula is C22H14BrCl2NO4S2. The van der Waals surface area contributed by atoms with E-state index in [2.05, 4.69) is 15.9 Å². The normalized spacial score (nSPS) is 11.7. The van der Waals surface area contributed by atoms with Crippen LogP contribution < -0.4 is 5.56 Å². The highest BCUT2D eigenvalue weighted by Gasteiger charge is 2.21. The number of fused-ring (bicyclic) bond motifs is 1. The fourth-order valence-electron chi connectivity index (χ4n) is 3.28. The topological polar surface area (TPSA) is 73.2 Å². The number of ketones is 1. The van der Waals surface area contributed by atoms with Crippen molar-refractivity contribution in [3.05, 3.63) is 90.5 Å². The molecule has 0 atom stereocenters. The molecule has 0 spiro atoms. The van der Waals surface area contributed by atoms with Crippen LogP contribution in [-0.2, 0) is 21.1 Å². The van der Waals surface area contributed by atoms with Crippen LogP contribution in [0.2, 0.25) is 9.36 Å². The zero-order chi connectivity index (χ0) is 23.0. The van der Waals surface area contributed by atoms with Crippen LogP contribution in [0.4, 0.5) is 0 Å². The lowest BCUT2D eigenvalue weighted by molar-refractivity contribution is -0.116. The molecule has 0 aliphatic carbocycles. The van der Waals surface area contributed by atoms with Gasteiger partial charge in [-0.25, -0.2) is 8.42 Å². The number of hydrogen-bond donors (Lipinski definition) is 0. The fraction of sp³-hybridized carbons (Fsp3) is 0.0909. The molecule has 2 heterocycles. The van der Waals surface area contributed by atoms with E-state index in [9.17, 15) is 18.0 Å². The van der Waals surface area contributed by atoms with Crippen LogP contribution in [-0.4, -0.2) is 24.5 Å². The Morgan fingerprint density at radius 3 is 2.50 bits per heavy atom. The number of rotatable bonds is 6. The molecule has 32 heavy (non-hydrogen) atoms. The molecule has 164 valence electrons. The monoisotopic (exact) mass is 569 g/mol. The predicted molar refractivity (Wildman–Crippen MR) is 132 cm³/mol. The van der Waals surface area contributed by atoms with Crippen molar-refractivity contribution in [3.8, 4) is 5.69 Å². The summed E-state index contributed by atoms with van der Waals surface area (Å²) < 4.78 is 27.4. The van der Waals surface area contributed by atoms with Gasteiger partial charge in [-0.3, -0.25) is 14.2 Å².